The van der Waals surface area contributed by atoms with E-state index < -0.39 is 10.0 Å². The molecule has 1 aromatic carbocycles. The molecule has 0 spiro atoms. The molecular weight excluding hydrogens is 372 g/mol. The predicted molar refractivity (Wildman–Crippen MR) is 82.8 cm³/mol. The molecule has 3 rings (SSSR count). The number of fused-ring (bicyclic) bond motifs is 1. The molecule has 22 heavy (non-hydrogen) atoms. The third-order valence-electron chi connectivity index (χ3n) is 3.13. The van der Waals surface area contributed by atoms with E-state index in [0.717, 1.165) is 5.56 Å². The van der Waals surface area contributed by atoms with E-state index >= 15 is 0 Å². The number of halogens is 1. The van der Waals surface area contributed by atoms with Crippen LogP contribution in [0.5, 0.6) is 0 Å². The molecule has 2 heterocycles. The second-order valence-corrected chi connectivity index (χ2v) is 6.99. The predicted octanol–water partition coefficient (Wildman–Crippen LogP) is 2.90. The minimum Gasteiger partial charge on any atom is -0.358 e. The molecule has 0 aliphatic rings. The van der Waals surface area contributed by atoms with Crippen molar-refractivity contribution in [1.29, 1.82) is 5.26 Å². The Bertz CT molecular complexity index is 1010. The van der Waals surface area contributed by atoms with Crippen molar-refractivity contribution in [3.63, 3.8) is 0 Å². The first-order chi connectivity index (χ1) is 10.4. The number of anilines is 1. The van der Waals surface area contributed by atoms with Crippen LogP contribution >= 0.6 is 15.9 Å². The zero-order chi connectivity index (χ0) is 15.9. The molecule has 0 amide bonds. The highest BCUT2D eigenvalue weighted by Gasteiger charge is 2.22. The standard InChI is InChI=1S/C13H9BrN4O3S/c1-7-2-3-9(13-12(7)8(5-15)6-16-13)18-22(19,20)11-4-10(14)17-21-11/h2-4,6,16,18H,1H3. The SMILES string of the molecule is Cc1ccc(NS(=O)(=O)c2cc(Br)no2)c2[nH]cc(C#N)c12. The molecule has 2 N–H and O–H groups in total. The fourth-order valence-corrected chi connectivity index (χ4v) is 3.55. The normalized spacial score (nSPS) is 11.5. The molecule has 112 valence electrons. The van der Waals surface area contributed by atoms with Gasteiger partial charge in [-0.05, 0) is 34.5 Å². The highest BCUT2D eigenvalue weighted by molar-refractivity contribution is 9.10. The van der Waals surface area contributed by atoms with Crippen molar-refractivity contribution in [3.8, 4) is 6.07 Å². The average molecular weight is 381 g/mol. The van der Waals surface area contributed by atoms with Crippen molar-refractivity contribution in [1.82, 2.24) is 10.1 Å². The number of benzene rings is 1. The number of aryl methyl sites for hydroxylation is 1. The Morgan fingerprint density at radius 1 is 1.45 bits per heavy atom. The number of hydrogen-bond acceptors (Lipinski definition) is 5. The summed E-state index contributed by atoms with van der Waals surface area (Å²) < 4.78 is 32.0. The zero-order valence-corrected chi connectivity index (χ0v) is 13.6. The van der Waals surface area contributed by atoms with Crippen LogP contribution in [0.4, 0.5) is 5.69 Å². The van der Waals surface area contributed by atoms with Crippen LogP contribution in [0.3, 0.4) is 0 Å². The lowest BCUT2D eigenvalue weighted by Crippen LogP contribution is -2.12. The van der Waals surface area contributed by atoms with Gasteiger partial charge in [0.25, 0.3) is 15.1 Å². The number of H-pyrrole nitrogens is 1. The van der Waals surface area contributed by atoms with Crippen LogP contribution in [0, 0.1) is 18.3 Å². The summed E-state index contributed by atoms with van der Waals surface area (Å²) >= 11 is 3.03. The summed E-state index contributed by atoms with van der Waals surface area (Å²) in [5.74, 6) is 0. The van der Waals surface area contributed by atoms with Gasteiger partial charge in [-0.15, -0.1) is 0 Å². The maximum absolute atomic E-state index is 12.3. The van der Waals surface area contributed by atoms with Gasteiger partial charge in [0.2, 0.25) is 0 Å². The lowest BCUT2D eigenvalue weighted by atomic mass is 10.1. The van der Waals surface area contributed by atoms with Crippen molar-refractivity contribution in [2.24, 2.45) is 0 Å². The Kier molecular flexibility index (Phi) is 3.42. The van der Waals surface area contributed by atoms with Crippen molar-refractivity contribution in [2.45, 2.75) is 12.0 Å². The Balaban J connectivity index is 2.11. The minimum absolute atomic E-state index is 0.286. The first-order valence-corrected chi connectivity index (χ1v) is 8.36. The number of nitrogens with zero attached hydrogens (tertiary/aromatic N) is 2. The van der Waals surface area contributed by atoms with E-state index in [1.807, 2.05) is 6.92 Å². The van der Waals surface area contributed by atoms with Gasteiger partial charge >= 0.3 is 0 Å². The lowest BCUT2D eigenvalue weighted by molar-refractivity contribution is 0.337. The summed E-state index contributed by atoms with van der Waals surface area (Å²) in [6.45, 7) is 1.85. The molecule has 0 atom stereocenters. The maximum Gasteiger partial charge on any atom is 0.298 e. The van der Waals surface area contributed by atoms with Gasteiger partial charge in [-0.1, -0.05) is 11.2 Å². The lowest BCUT2D eigenvalue weighted by Gasteiger charge is -2.08. The summed E-state index contributed by atoms with van der Waals surface area (Å²) in [7, 11) is -3.91. The van der Waals surface area contributed by atoms with E-state index in [9.17, 15) is 8.42 Å². The Morgan fingerprint density at radius 3 is 2.86 bits per heavy atom. The molecule has 3 aromatic rings. The molecule has 0 radical (unpaired) electrons. The van der Waals surface area contributed by atoms with Gasteiger partial charge in [0.1, 0.15) is 6.07 Å². The fraction of sp³-hybridized carbons (Fsp3) is 0.0769. The first-order valence-electron chi connectivity index (χ1n) is 6.08. The molecule has 0 saturated carbocycles. The molecule has 0 unspecified atom stereocenters. The van der Waals surface area contributed by atoms with E-state index in [4.69, 9.17) is 9.78 Å². The third-order valence-corrected chi connectivity index (χ3v) is 4.72. The molecule has 7 nitrogen and oxygen atoms in total. The van der Waals surface area contributed by atoms with E-state index in [-0.39, 0.29) is 9.70 Å². The smallest absolute Gasteiger partial charge is 0.298 e. The summed E-state index contributed by atoms with van der Waals surface area (Å²) in [5, 5.41) is 13.0. The molecule has 0 aliphatic carbocycles. The topological polar surface area (TPSA) is 112 Å². The quantitative estimate of drug-likeness (QED) is 0.725. The second-order valence-electron chi connectivity index (χ2n) is 4.57. The highest BCUT2D eigenvalue weighted by atomic mass is 79.9. The number of aromatic nitrogens is 2. The van der Waals surface area contributed by atoms with Crippen LogP contribution in [0.1, 0.15) is 11.1 Å². The number of aromatic amines is 1. The second kappa shape index (κ2) is 5.15. The maximum atomic E-state index is 12.3. The minimum atomic E-state index is -3.91. The van der Waals surface area contributed by atoms with Gasteiger partial charge in [0.15, 0.2) is 4.60 Å². The Morgan fingerprint density at radius 2 is 2.23 bits per heavy atom. The molecule has 0 saturated heterocycles. The molecule has 0 bridgehead atoms. The average Bonchev–Trinajstić information content (AvgIpc) is 3.08. The first kappa shape index (κ1) is 14.6. The van der Waals surface area contributed by atoms with Gasteiger partial charge in [-0.2, -0.15) is 13.7 Å². The largest absolute Gasteiger partial charge is 0.358 e. The zero-order valence-electron chi connectivity index (χ0n) is 11.2. The number of nitriles is 1. The van der Waals surface area contributed by atoms with E-state index in [1.165, 1.54) is 6.07 Å². The number of hydrogen-bond donors (Lipinski definition) is 2. The molecule has 9 heteroatoms. The third kappa shape index (κ3) is 2.36. The molecule has 0 aliphatic heterocycles. The van der Waals surface area contributed by atoms with Crippen molar-refractivity contribution >= 4 is 42.5 Å². The van der Waals surface area contributed by atoms with E-state index in [0.29, 0.717) is 22.2 Å². The molecular formula is C13H9BrN4O3S. The number of sulfonamides is 1. The number of nitrogens with one attached hydrogen (secondary N) is 2. The summed E-state index contributed by atoms with van der Waals surface area (Å²) in [6.07, 6.45) is 1.54. The monoisotopic (exact) mass is 380 g/mol. The van der Waals surface area contributed by atoms with Gasteiger partial charge in [0, 0.05) is 17.6 Å². The van der Waals surface area contributed by atoms with Crippen LogP contribution in [0.2, 0.25) is 0 Å². The van der Waals surface area contributed by atoms with Crippen LogP contribution in [0.15, 0.2) is 38.6 Å². The van der Waals surface area contributed by atoms with E-state index in [2.05, 4.69) is 36.9 Å². The summed E-state index contributed by atoms with van der Waals surface area (Å²) in [4.78, 5) is 2.92. The number of rotatable bonds is 3. The van der Waals surface area contributed by atoms with Crippen LogP contribution in [0.25, 0.3) is 10.9 Å². The summed E-state index contributed by atoms with van der Waals surface area (Å²) in [5.41, 5.74) is 2.20. The summed E-state index contributed by atoms with van der Waals surface area (Å²) in [6, 6.07) is 6.69. The van der Waals surface area contributed by atoms with Gasteiger partial charge in [-0.3, -0.25) is 4.72 Å². The van der Waals surface area contributed by atoms with Gasteiger partial charge in [-0.25, -0.2) is 0 Å². The Hall–Kier alpha value is -2.31. The van der Waals surface area contributed by atoms with Crippen molar-refractivity contribution in [2.75, 3.05) is 4.72 Å². The molecule has 2 aromatic heterocycles. The molecule has 0 fully saturated rings. The van der Waals surface area contributed by atoms with Crippen molar-refractivity contribution in [3.05, 3.63) is 40.1 Å². The van der Waals surface area contributed by atoms with E-state index in [1.54, 1.807) is 18.3 Å². The van der Waals surface area contributed by atoms with Crippen LogP contribution in [-0.2, 0) is 10.0 Å². The van der Waals surface area contributed by atoms with Crippen LogP contribution < -0.4 is 4.72 Å². The fourth-order valence-electron chi connectivity index (χ4n) is 2.15. The van der Waals surface area contributed by atoms with Gasteiger partial charge in [0.05, 0.1) is 16.8 Å². The van der Waals surface area contributed by atoms with Crippen LogP contribution in [-0.4, -0.2) is 18.6 Å². The van der Waals surface area contributed by atoms with Crippen molar-refractivity contribution < 1.29 is 12.9 Å². The highest BCUT2D eigenvalue weighted by Crippen LogP contribution is 2.30. The van der Waals surface area contributed by atoms with Gasteiger partial charge < -0.3 is 9.51 Å². The Labute approximate surface area is 134 Å².